The monoisotopic (exact) mass is 235 g/mol. The van der Waals surface area contributed by atoms with Gasteiger partial charge < -0.3 is 15.1 Å². The van der Waals surface area contributed by atoms with Crippen LogP contribution in [-0.4, -0.2) is 29.3 Å². The van der Waals surface area contributed by atoms with Gasteiger partial charge in [0, 0.05) is 31.2 Å². The van der Waals surface area contributed by atoms with E-state index in [0.717, 1.165) is 16.8 Å². The number of nitrogens with zero attached hydrogens (tertiary/aromatic N) is 1. The van der Waals surface area contributed by atoms with E-state index in [2.05, 4.69) is 0 Å². The quantitative estimate of drug-likeness (QED) is 0.816. The summed E-state index contributed by atoms with van der Waals surface area (Å²) in [7, 11) is 0. The van der Waals surface area contributed by atoms with Crippen LogP contribution in [0.15, 0.2) is 18.2 Å². The number of hydrogen-bond acceptors (Lipinski definition) is 3. The summed E-state index contributed by atoms with van der Waals surface area (Å²) in [5, 5.41) is 18.2. The Morgan fingerprint density at radius 1 is 1.41 bits per heavy atom. The maximum absolute atomic E-state index is 11.8. The molecule has 1 amide bonds. The van der Waals surface area contributed by atoms with E-state index in [9.17, 15) is 4.79 Å². The fraction of sp³-hybridized carbons (Fsp3) is 0.462. The smallest absolute Gasteiger partial charge is 0.227 e. The molecule has 0 spiro atoms. The number of amides is 1. The molecule has 1 aliphatic rings. The van der Waals surface area contributed by atoms with Crippen molar-refractivity contribution < 1.29 is 15.0 Å². The summed E-state index contributed by atoms with van der Waals surface area (Å²) < 4.78 is 0. The van der Waals surface area contributed by atoms with Crippen LogP contribution in [-0.2, 0) is 11.4 Å². The molecule has 1 aliphatic heterocycles. The Hall–Kier alpha value is -1.39. The molecule has 1 saturated heterocycles. The number of anilines is 1. The zero-order valence-electron chi connectivity index (χ0n) is 9.89. The maximum atomic E-state index is 11.8. The lowest BCUT2D eigenvalue weighted by molar-refractivity contribution is -0.117. The molecule has 2 rings (SSSR count). The van der Waals surface area contributed by atoms with E-state index in [4.69, 9.17) is 10.2 Å². The first-order valence-electron chi connectivity index (χ1n) is 5.77. The van der Waals surface area contributed by atoms with Gasteiger partial charge in [-0.15, -0.1) is 0 Å². The van der Waals surface area contributed by atoms with Crippen molar-refractivity contribution in [3.8, 4) is 0 Å². The molecule has 1 unspecified atom stereocenters. The molecule has 0 bridgehead atoms. The zero-order valence-corrected chi connectivity index (χ0v) is 9.89. The Balaban J connectivity index is 2.30. The first kappa shape index (κ1) is 12.1. The van der Waals surface area contributed by atoms with Crippen LogP contribution in [0.1, 0.15) is 17.5 Å². The van der Waals surface area contributed by atoms with Crippen LogP contribution in [0.4, 0.5) is 5.69 Å². The Kier molecular flexibility index (Phi) is 3.45. The van der Waals surface area contributed by atoms with Gasteiger partial charge in [0.15, 0.2) is 0 Å². The van der Waals surface area contributed by atoms with Crippen molar-refractivity contribution in [2.45, 2.75) is 20.0 Å². The van der Waals surface area contributed by atoms with Gasteiger partial charge in [-0.2, -0.15) is 0 Å². The standard InChI is InChI=1S/C13H17NO3/c1-9-2-3-10(7-15)4-12(9)14-6-11(8-16)5-13(14)17/h2-4,11,15-16H,5-8H2,1H3. The van der Waals surface area contributed by atoms with E-state index < -0.39 is 0 Å². The Morgan fingerprint density at radius 3 is 2.76 bits per heavy atom. The molecule has 0 aliphatic carbocycles. The van der Waals surface area contributed by atoms with Crippen molar-refractivity contribution in [3.05, 3.63) is 29.3 Å². The third kappa shape index (κ3) is 2.33. The summed E-state index contributed by atoms with van der Waals surface area (Å²) >= 11 is 0. The average molecular weight is 235 g/mol. The Labute approximate surface area is 100 Å². The number of hydrogen-bond donors (Lipinski definition) is 2. The largest absolute Gasteiger partial charge is 0.396 e. The summed E-state index contributed by atoms with van der Waals surface area (Å²) in [6.07, 6.45) is 0.402. The minimum Gasteiger partial charge on any atom is -0.396 e. The highest BCUT2D eigenvalue weighted by molar-refractivity contribution is 5.96. The molecule has 1 atom stereocenters. The van der Waals surface area contributed by atoms with Gasteiger partial charge in [-0.1, -0.05) is 12.1 Å². The van der Waals surface area contributed by atoms with E-state index in [1.807, 2.05) is 25.1 Å². The topological polar surface area (TPSA) is 60.8 Å². The number of rotatable bonds is 3. The summed E-state index contributed by atoms with van der Waals surface area (Å²) in [6, 6.07) is 5.59. The number of benzene rings is 1. The second-order valence-corrected chi connectivity index (χ2v) is 4.54. The summed E-state index contributed by atoms with van der Waals surface area (Å²) in [5.41, 5.74) is 2.65. The van der Waals surface area contributed by atoms with E-state index >= 15 is 0 Å². The van der Waals surface area contributed by atoms with Crippen molar-refractivity contribution in [2.24, 2.45) is 5.92 Å². The number of carbonyl (C=O) groups excluding carboxylic acids is 1. The highest BCUT2D eigenvalue weighted by Gasteiger charge is 2.30. The molecule has 1 aromatic rings. The summed E-state index contributed by atoms with van der Waals surface area (Å²) in [6.45, 7) is 2.51. The molecule has 0 aromatic heterocycles. The van der Waals surface area contributed by atoms with Crippen LogP contribution in [0.3, 0.4) is 0 Å². The zero-order chi connectivity index (χ0) is 12.4. The molecular weight excluding hydrogens is 218 g/mol. The van der Waals surface area contributed by atoms with Crippen LogP contribution < -0.4 is 4.90 Å². The van der Waals surface area contributed by atoms with Gasteiger partial charge in [-0.3, -0.25) is 4.79 Å². The number of aliphatic hydroxyl groups is 2. The first-order chi connectivity index (χ1) is 8.15. The van der Waals surface area contributed by atoms with Gasteiger partial charge in [-0.05, 0) is 24.1 Å². The van der Waals surface area contributed by atoms with E-state index in [0.29, 0.717) is 13.0 Å². The number of aliphatic hydroxyl groups excluding tert-OH is 2. The van der Waals surface area contributed by atoms with Gasteiger partial charge in [0.25, 0.3) is 0 Å². The third-order valence-corrected chi connectivity index (χ3v) is 3.21. The van der Waals surface area contributed by atoms with Crippen LogP contribution in [0, 0.1) is 12.8 Å². The molecule has 17 heavy (non-hydrogen) atoms. The lowest BCUT2D eigenvalue weighted by Gasteiger charge is -2.19. The van der Waals surface area contributed by atoms with E-state index in [1.54, 1.807) is 4.90 Å². The lowest BCUT2D eigenvalue weighted by Crippen LogP contribution is -2.25. The fourth-order valence-corrected chi connectivity index (χ4v) is 2.18. The van der Waals surface area contributed by atoms with Crippen LogP contribution in [0.5, 0.6) is 0 Å². The molecule has 1 heterocycles. The van der Waals surface area contributed by atoms with Gasteiger partial charge >= 0.3 is 0 Å². The van der Waals surface area contributed by atoms with Gasteiger partial charge in [0.05, 0.1) is 6.61 Å². The first-order valence-corrected chi connectivity index (χ1v) is 5.77. The predicted octanol–water partition coefficient (Wildman–Crippen LogP) is 0.833. The SMILES string of the molecule is Cc1ccc(CO)cc1N1CC(CO)CC1=O. The Morgan fingerprint density at radius 2 is 2.18 bits per heavy atom. The molecule has 0 radical (unpaired) electrons. The van der Waals surface area contributed by atoms with Gasteiger partial charge in [0.1, 0.15) is 0 Å². The second-order valence-electron chi connectivity index (χ2n) is 4.54. The number of aryl methyl sites for hydroxylation is 1. The normalized spacial score (nSPS) is 20.1. The second kappa shape index (κ2) is 4.85. The predicted molar refractivity (Wildman–Crippen MR) is 64.6 cm³/mol. The van der Waals surface area contributed by atoms with Gasteiger partial charge in [-0.25, -0.2) is 0 Å². The average Bonchev–Trinajstić information content (AvgIpc) is 2.71. The molecule has 92 valence electrons. The van der Waals surface area contributed by atoms with E-state index in [1.165, 1.54) is 0 Å². The third-order valence-electron chi connectivity index (χ3n) is 3.21. The van der Waals surface area contributed by atoms with Gasteiger partial charge in [0.2, 0.25) is 5.91 Å². The van der Waals surface area contributed by atoms with Crippen LogP contribution in [0.2, 0.25) is 0 Å². The molecule has 4 heteroatoms. The summed E-state index contributed by atoms with van der Waals surface area (Å²) in [5.74, 6) is 0.0712. The van der Waals surface area contributed by atoms with Crippen molar-refractivity contribution in [2.75, 3.05) is 18.1 Å². The van der Waals surface area contributed by atoms with Crippen LogP contribution in [0.25, 0.3) is 0 Å². The minimum absolute atomic E-state index is 0.0275. The maximum Gasteiger partial charge on any atom is 0.227 e. The molecule has 4 nitrogen and oxygen atoms in total. The molecular formula is C13H17NO3. The molecule has 1 aromatic carbocycles. The highest BCUT2D eigenvalue weighted by atomic mass is 16.3. The fourth-order valence-electron chi connectivity index (χ4n) is 2.18. The Bertz CT molecular complexity index is 431. The highest BCUT2D eigenvalue weighted by Crippen LogP contribution is 2.28. The molecule has 0 saturated carbocycles. The van der Waals surface area contributed by atoms with Crippen molar-refractivity contribution >= 4 is 11.6 Å². The minimum atomic E-state index is -0.0290. The van der Waals surface area contributed by atoms with Crippen molar-refractivity contribution in [1.82, 2.24) is 0 Å². The van der Waals surface area contributed by atoms with Crippen molar-refractivity contribution in [3.63, 3.8) is 0 Å². The summed E-state index contributed by atoms with van der Waals surface area (Å²) in [4.78, 5) is 13.6. The van der Waals surface area contributed by atoms with Crippen molar-refractivity contribution in [1.29, 1.82) is 0 Å². The van der Waals surface area contributed by atoms with Crippen LogP contribution >= 0.6 is 0 Å². The van der Waals surface area contributed by atoms with E-state index in [-0.39, 0.29) is 25.0 Å². The lowest BCUT2D eigenvalue weighted by atomic mass is 10.1. The number of carbonyl (C=O) groups is 1. The molecule has 2 N–H and O–H groups in total. The molecule has 1 fully saturated rings.